The van der Waals surface area contributed by atoms with E-state index in [0.29, 0.717) is 31.2 Å². The van der Waals surface area contributed by atoms with Crippen molar-refractivity contribution in [2.75, 3.05) is 27.3 Å². The van der Waals surface area contributed by atoms with Gasteiger partial charge in [-0.1, -0.05) is 12.1 Å². The van der Waals surface area contributed by atoms with E-state index in [1.807, 2.05) is 0 Å². The molecule has 1 fully saturated rings. The lowest BCUT2D eigenvalue weighted by Crippen LogP contribution is -2.54. The first-order valence-corrected chi connectivity index (χ1v) is 12.1. The molecule has 3 heterocycles. The number of benzene rings is 1. The zero-order chi connectivity index (χ0) is 26.7. The summed E-state index contributed by atoms with van der Waals surface area (Å²) in [5, 5.41) is 16.0. The van der Waals surface area contributed by atoms with E-state index < -0.39 is 46.1 Å². The number of fused-ring (bicyclic) bond motifs is 2. The molecule has 2 aromatic rings. The van der Waals surface area contributed by atoms with Crippen molar-refractivity contribution in [2.24, 2.45) is 5.92 Å². The van der Waals surface area contributed by atoms with Gasteiger partial charge < -0.3 is 25.4 Å². The van der Waals surface area contributed by atoms with E-state index in [9.17, 15) is 28.7 Å². The van der Waals surface area contributed by atoms with E-state index in [-0.39, 0.29) is 38.0 Å². The monoisotopic (exact) mass is 515 g/mol. The van der Waals surface area contributed by atoms with Crippen molar-refractivity contribution in [2.45, 2.75) is 44.3 Å². The van der Waals surface area contributed by atoms with Crippen LogP contribution in [0.15, 0.2) is 29.1 Å². The average molecular weight is 516 g/mol. The molecule has 2 aliphatic heterocycles. The largest absolute Gasteiger partial charge is 0.501 e. The Labute approximate surface area is 212 Å². The van der Waals surface area contributed by atoms with Crippen LogP contribution in [0.3, 0.4) is 0 Å². The Morgan fingerprint density at radius 1 is 1.24 bits per heavy atom. The second kappa shape index (κ2) is 10.7. The molecule has 3 amide bonds. The van der Waals surface area contributed by atoms with Crippen LogP contribution in [0.2, 0.25) is 0 Å². The molecule has 0 atom stereocenters. The van der Waals surface area contributed by atoms with Gasteiger partial charge in [-0.3, -0.25) is 23.7 Å². The summed E-state index contributed by atoms with van der Waals surface area (Å²) in [6, 6.07) is 5.50. The number of hydrogen-bond donors (Lipinski definition) is 3. The predicted molar refractivity (Wildman–Crippen MR) is 129 cm³/mol. The molecule has 0 saturated heterocycles. The zero-order valence-electron chi connectivity index (χ0n) is 20.8. The number of aromatic hydroxyl groups is 1. The highest BCUT2D eigenvalue weighted by Gasteiger charge is 2.46. The number of carbonyl (C=O) groups is 3. The third-order valence-electron chi connectivity index (χ3n) is 7.08. The molecule has 5 rings (SSSR count). The normalized spacial score (nSPS) is 20.0. The van der Waals surface area contributed by atoms with Crippen molar-refractivity contribution < 1.29 is 28.6 Å². The second-order valence-corrected chi connectivity index (χ2v) is 9.56. The quantitative estimate of drug-likeness (QED) is 0.459. The zero-order valence-corrected chi connectivity index (χ0v) is 20.8. The minimum absolute atomic E-state index is 0.0188. The molecule has 1 saturated carbocycles. The maximum Gasteiger partial charge on any atom is 0.311 e. The van der Waals surface area contributed by atoms with Crippen LogP contribution < -0.4 is 16.2 Å². The molecule has 3 aliphatic rings. The summed E-state index contributed by atoms with van der Waals surface area (Å²) >= 11 is 0. The highest BCUT2D eigenvalue weighted by atomic mass is 19.1. The molecule has 1 aromatic heterocycles. The first-order chi connectivity index (χ1) is 17.6. The summed E-state index contributed by atoms with van der Waals surface area (Å²) in [6.45, 7) is 0.784. The van der Waals surface area contributed by atoms with E-state index in [4.69, 9.17) is 4.74 Å². The van der Waals surface area contributed by atoms with Gasteiger partial charge in [-0.25, -0.2) is 9.37 Å². The van der Waals surface area contributed by atoms with Crippen LogP contribution in [0.1, 0.15) is 47.6 Å². The second-order valence-electron chi connectivity index (χ2n) is 9.56. The van der Waals surface area contributed by atoms with Gasteiger partial charge in [0.15, 0.2) is 5.69 Å². The number of methoxy groups -OCH3 is 1. The maximum atomic E-state index is 13.2. The minimum atomic E-state index is -1.15. The molecule has 0 spiro atoms. The molecule has 2 bridgehead atoms. The third-order valence-corrected chi connectivity index (χ3v) is 7.08. The molecule has 1 aromatic carbocycles. The SMILES string of the molecule is COCCN(C)C(=O)C(=O)NC12CCC(CC1)Cn1c2nc(C(=O)NCc2ccc(F)cc2)c(O)c1=O. The van der Waals surface area contributed by atoms with Crippen LogP contribution in [0.5, 0.6) is 5.75 Å². The van der Waals surface area contributed by atoms with Crippen LogP contribution in [0, 0.1) is 11.7 Å². The number of likely N-dealkylation sites (N-methyl/N-ethyl adjacent to an activating group) is 1. The first kappa shape index (κ1) is 26.3. The van der Waals surface area contributed by atoms with E-state index >= 15 is 0 Å². The maximum absolute atomic E-state index is 13.2. The Balaban J connectivity index is 1.64. The molecular weight excluding hydrogens is 485 g/mol. The van der Waals surface area contributed by atoms with Crippen molar-refractivity contribution in [3.8, 4) is 5.75 Å². The summed E-state index contributed by atoms with van der Waals surface area (Å²) in [7, 11) is 2.98. The molecule has 0 unspecified atom stereocenters. The summed E-state index contributed by atoms with van der Waals surface area (Å²) in [5.41, 5.74) is -1.80. The topological polar surface area (TPSA) is 143 Å². The molecular formula is C25H30FN5O6. The lowest BCUT2D eigenvalue weighted by atomic mass is 9.77. The number of hydrogen-bond acceptors (Lipinski definition) is 7. The van der Waals surface area contributed by atoms with Gasteiger partial charge in [0, 0.05) is 33.8 Å². The number of ether oxygens (including phenoxy) is 1. The van der Waals surface area contributed by atoms with Crippen LogP contribution in [0.25, 0.3) is 0 Å². The van der Waals surface area contributed by atoms with Gasteiger partial charge in [0.2, 0.25) is 5.75 Å². The summed E-state index contributed by atoms with van der Waals surface area (Å²) in [4.78, 5) is 57.4. The third kappa shape index (κ3) is 5.33. The highest BCUT2D eigenvalue weighted by molar-refractivity contribution is 6.35. The fraction of sp³-hybridized carbons (Fsp3) is 0.480. The molecule has 0 radical (unpaired) electrons. The van der Waals surface area contributed by atoms with E-state index in [1.165, 1.54) is 47.9 Å². The van der Waals surface area contributed by atoms with Gasteiger partial charge >= 0.3 is 11.8 Å². The lowest BCUT2D eigenvalue weighted by molar-refractivity contribution is -0.146. The van der Waals surface area contributed by atoms with Crippen molar-refractivity contribution in [3.63, 3.8) is 0 Å². The van der Waals surface area contributed by atoms with Crippen molar-refractivity contribution in [3.05, 3.63) is 57.5 Å². The Morgan fingerprint density at radius 2 is 1.92 bits per heavy atom. The molecule has 198 valence electrons. The fourth-order valence-electron chi connectivity index (χ4n) is 4.90. The number of nitrogens with one attached hydrogen (secondary N) is 2. The molecule has 12 heteroatoms. The number of rotatable bonds is 7. The van der Waals surface area contributed by atoms with Crippen molar-refractivity contribution in [1.82, 2.24) is 25.1 Å². The molecule has 3 N–H and O–H groups in total. The van der Waals surface area contributed by atoms with Gasteiger partial charge in [-0.2, -0.15) is 0 Å². The number of amides is 3. The van der Waals surface area contributed by atoms with Crippen LogP contribution in [0.4, 0.5) is 4.39 Å². The Bertz CT molecular complexity index is 1250. The molecule has 37 heavy (non-hydrogen) atoms. The van der Waals surface area contributed by atoms with Crippen molar-refractivity contribution in [1.29, 1.82) is 0 Å². The standard InChI is InChI=1S/C25H30FN5O6/c1-30(11-12-37-2)23(36)21(34)29-25-9-7-16(8-10-25)14-31-22(35)19(32)18(28-24(25)31)20(33)27-13-15-3-5-17(26)6-4-15/h3-6,16,32H,7-14H2,1-2H3,(H,27,33)(H,29,34). The minimum Gasteiger partial charge on any atom is -0.501 e. The number of carbonyl (C=O) groups excluding carboxylic acids is 3. The number of aromatic nitrogens is 2. The van der Waals surface area contributed by atoms with E-state index in [2.05, 4.69) is 15.6 Å². The highest BCUT2D eigenvalue weighted by Crippen LogP contribution is 2.42. The first-order valence-electron chi connectivity index (χ1n) is 12.1. The fourth-order valence-corrected chi connectivity index (χ4v) is 4.90. The van der Waals surface area contributed by atoms with Crippen LogP contribution in [-0.2, 0) is 33.0 Å². The van der Waals surface area contributed by atoms with Gasteiger partial charge in [-0.05, 0) is 49.3 Å². The smallest absolute Gasteiger partial charge is 0.311 e. The number of halogens is 1. The van der Waals surface area contributed by atoms with Gasteiger partial charge in [0.05, 0.1) is 12.1 Å². The van der Waals surface area contributed by atoms with Crippen molar-refractivity contribution >= 4 is 17.7 Å². The molecule has 1 aliphatic carbocycles. The lowest BCUT2D eigenvalue weighted by Gasteiger charge is -2.37. The Morgan fingerprint density at radius 3 is 2.57 bits per heavy atom. The van der Waals surface area contributed by atoms with E-state index in [0.717, 1.165) is 0 Å². The van der Waals surface area contributed by atoms with Gasteiger partial charge in [0.25, 0.3) is 11.5 Å². The van der Waals surface area contributed by atoms with E-state index in [1.54, 1.807) is 0 Å². The summed E-state index contributed by atoms with van der Waals surface area (Å²) in [5.74, 6) is -3.35. The molecule has 11 nitrogen and oxygen atoms in total. The summed E-state index contributed by atoms with van der Waals surface area (Å²) in [6.07, 6.45) is 2.19. The van der Waals surface area contributed by atoms with Crippen LogP contribution >= 0.6 is 0 Å². The average Bonchev–Trinajstić information content (AvgIpc) is 3.14. The Kier molecular flexibility index (Phi) is 7.58. The Hall–Kier alpha value is -3.80. The summed E-state index contributed by atoms with van der Waals surface area (Å²) < 4.78 is 19.4. The van der Waals surface area contributed by atoms with Crippen LogP contribution in [-0.4, -0.2) is 64.6 Å². The number of nitrogens with zero attached hydrogens (tertiary/aromatic N) is 3. The van der Waals surface area contributed by atoms with Gasteiger partial charge in [-0.15, -0.1) is 0 Å². The predicted octanol–water partition coefficient (Wildman–Crippen LogP) is 0.638. The van der Waals surface area contributed by atoms with Gasteiger partial charge in [0.1, 0.15) is 11.6 Å².